The van der Waals surface area contributed by atoms with Crippen LogP contribution in [0.15, 0.2) is 79.1 Å². The van der Waals surface area contributed by atoms with Crippen LogP contribution in [0.5, 0.6) is 0 Å². The molecule has 4 heterocycles. The van der Waals surface area contributed by atoms with Crippen molar-refractivity contribution in [3.8, 4) is 0 Å². The molecule has 6 rings (SSSR count). The van der Waals surface area contributed by atoms with E-state index >= 15 is 0 Å². The molecule has 0 saturated carbocycles. The van der Waals surface area contributed by atoms with Gasteiger partial charge < -0.3 is 4.98 Å². The maximum Gasteiger partial charge on any atom is 0.328 e. The molecule has 0 unspecified atom stereocenters. The van der Waals surface area contributed by atoms with Gasteiger partial charge in [0.25, 0.3) is 5.91 Å². The average molecular weight is 408 g/mol. The minimum Gasteiger partial charge on any atom is -0.356 e. The Bertz CT molecular complexity index is 1300. The number of fused-ring (bicyclic) bond motifs is 4. The predicted molar refractivity (Wildman–Crippen MR) is 116 cm³/mol. The van der Waals surface area contributed by atoms with Gasteiger partial charge in [0.1, 0.15) is 12.1 Å². The van der Waals surface area contributed by atoms with Crippen molar-refractivity contribution in [1.29, 1.82) is 0 Å². The number of urea groups is 1. The molecule has 1 saturated heterocycles. The molecule has 2 aromatic carbocycles. The number of para-hydroxylation sites is 1. The Morgan fingerprint density at radius 2 is 1.68 bits per heavy atom. The van der Waals surface area contributed by atoms with E-state index in [1.807, 2.05) is 60.7 Å². The quantitative estimate of drug-likeness (QED) is 0.520. The Morgan fingerprint density at radius 3 is 2.48 bits per heavy atom. The van der Waals surface area contributed by atoms with Crippen LogP contribution in [0.25, 0.3) is 10.9 Å². The number of pyridine rings is 1. The standard InChI is InChI=1S/C25H20N4O2/c30-24-21-14-19-18-8-4-5-9-20(18)27-22(19)23(17-6-2-1-3-7-17)29(21)25(31)28(24)15-16-10-12-26-13-11-16/h1-13,21,23,27H,14-15H2/t21-,23+/m1/s1. The van der Waals surface area contributed by atoms with Crippen molar-refractivity contribution >= 4 is 22.8 Å². The number of hydrogen-bond acceptors (Lipinski definition) is 3. The monoisotopic (exact) mass is 408 g/mol. The fraction of sp³-hybridized carbons (Fsp3) is 0.160. The molecule has 2 aliphatic rings. The molecule has 6 heteroatoms. The van der Waals surface area contributed by atoms with Crippen LogP contribution in [0.4, 0.5) is 4.79 Å². The van der Waals surface area contributed by atoms with Crippen molar-refractivity contribution in [3.63, 3.8) is 0 Å². The summed E-state index contributed by atoms with van der Waals surface area (Å²) in [6.07, 6.45) is 3.87. The Morgan fingerprint density at radius 1 is 0.935 bits per heavy atom. The maximum absolute atomic E-state index is 13.6. The van der Waals surface area contributed by atoms with E-state index in [2.05, 4.69) is 16.0 Å². The summed E-state index contributed by atoms with van der Waals surface area (Å²) in [5.74, 6) is -0.140. The number of benzene rings is 2. The highest BCUT2D eigenvalue weighted by Crippen LogP contribution is 2.44. The summed E-state index contributed by atoms with van der Waals surface area (Å²) in [6.45, 7) is 0.253. The summed E-state index contributed by atoms with van der Waals surface area (Å²) in [6, 6.07) is 20.7. The number of rotatable bonds is 3. The van der Waals surface area contributed by atoms with Crippen molar-refractivity contribution < 1.29 is 9.59 Å². The van der Waals surface area contributed by atoms with Crippen molar-refractivity contribution in [3.05, 3.63) is 102 Å². The highest BCUT2D eigenvalue weighted by atomic mass is 16.2. The maximum atomic E-state index is 13.6. The number of nitrogens with one attached hydrogen (secondary N) is 1. The molecule has 2 aromatic heterocycles. The highest BCUT2D eigenvalue weighted by molar-refractivity contribution is 6.05. The second-order valence-corrected chi connectivity index (χ2v) is 8.07. The number of nitrogens with zero attached hydrogens (tertiary/aromatic N) is 3. The number of aromatic amines is 1. The lowest BCUT2D eigenvalue weighted by Gasteiger charge is -2.36. The number of aromatic nitrogens is 2. The van der Waals surface area contributed by atoms with Gasteiger partial charge in [0.05, 0.1) is 6.54 Å². The molecule has 0 aliphatic carbocycles. The van der Waals surface area contributed by atoms with E-state index in [-0.39, 0.29) is 24.5 Å². The van der Waals surface area contributed by atoms with Gasteiger partial charge in [-0.25, -0.2) is 4.79 Å². The van der Waals surface area contributed by atoms with Gasteiger partial charge in [0.2, 0.25) is 0 Å². The van der Waals surface area contributed by atoms with Gasteiger partial charge in [-0.2, -0.15) is 0 Å². The van der Waals surface area contributed by atoms with Crippen LogP contribution >= 0.6 is 0 Å². The third-order valence-electron chi connectivity index (χ3n) is 6.34. The molecule has 2 atom stereocenters. The number of carbonyl (C=O) groups excluding carboxylic acids is 2. The smallest absolute Gasteiger partial charge is 0.328 e. The van der Waals surface area contributed by atoms with Crippen LogP contribution < -0.4 is 0 Å². The number of hydrogen-bond donors (Lipinski definition) is 1. The zero-order valence-corrected chi connectivity index (χ0v) is 16.7. The molecular formula is C25H20N4O2. The van der Waals surface area contributed by atoms with Crippen molar-refractivity contribution in [1.82, 2.24) is 19.8 Å². The number of amides is 3. The van der Waals surface area contributed by atoms with Crippen LogP contribution in [-0.4, -0.2) is 37.7 Å². The summed E-state index contributed by atoms with van der Waals surface area (Å²) < 4.78 is 0. The van der Waals surface area contributed by atoms with Gasteiger partial charge in [-0.3, -0.25) is 19.6 Å². The van der Waals surface area contributed by atoms with Gasteiger partial charge in [-0.1, -0.05) is 48.5 Å². The first-order valence-corrected chi connectivity index (χ1v) is 10.4. The van der Waals surface area contributed by atoms with E-state index in [1.54, 1.807) is 17.3 Å². The summed E-state index contributed by atoms with van der Waals surface area (Å²) >= 11 is 0. The fourth-order valence-electron chi connectivity index (χ4n) is 4.93. The first-order valence-electron chi connectivity index (χ1n) is 10.4. The first-order chi connectivity index (χ1) is 15.2. The van der Waals surface area contributed by atoms with E-state index in [0.717, 1.165) is 33.3 Å². The van der Waals surface area contributed by atoms with Gasteiger partial charge in [0.15, 0.2) is 0 Å². The molecule has 31 heavy (non-hydrogen) atoms. The zero-order chi connectivity index (χ0) is 20.9. The Hall–Kier alpha value is -3.93. The first kappa shape index (κ1) is 17.9. The fourth-order valence-corrected chi connectivity index (χ4v) is 4.93. The molecule has 3 amide bonds. The summed E-state index contributed by atoms with van der Waals surface area (Å²) in [4.78, 5) is 37.7. The second kappa shape index (κ2) is 6.80. The zero-order valence-electron chi connectivity index (χ0n) is 16.7. The predicted octanol–water partition coefficient (Wildman–Crippen LogP) is 4.04. The molecule has 4 aromatic rings. The van der Waals surface area contributed by atoms with E-state index in [1.165, 1.54) is 4.90 Å². The molecule has 0 radical (unpaired) electrons. The number of H-pyrrole nitrogens is 1. The average Bonchev–Trinajstić information content (AvgIpc) is 3.30. The van der Waals surface area contributed by atoms with Crippen LogP contribution in [0.2, 0.25) is 0 Å². The van der Waals surface area contributed by atoms with E-state index in [4.69, 9.17) is 0 Å². The number of imide groups is 1. The van der Waals surface area contributed by atoms with Crippen LogP contribution in [-0.2, 0) is 17.8 Å². The summed E-state index contributed by atoms with van der Waals surface area (Å²) in [7, 11) is 0. The van der Waals surface area contributed by atoms with Gasteiger partial charge in [-0.15, -0.1) is 0 Å². The summed E-state index contributed by atoms with van der Waals surface area (Å²) in [5.41, 5.74) is 5.03. The van der Waals surface area contributed by atoms with Crippen molar-refractivity contribution in [2.24, 2.45) is 0 Å². The lowest BCUT2D eigenvalue weighted by atomic mass is 9.89. The van der Waals surface area contributed by atoms with Gasteiger partial charge in [0, 0.05) is 35.4 Å². The lowest BCUT2D eigenvalue weighted by molar-refractivity contribution is -0.129. The van der Waals surface area contributed by atoms with Crippen LogP contribution in [0, 0.1) is 0 Å². The van der Waals surface area contributed by atoms with Crippen LogP contribution in [0.1, 0.15) is 28.4 Å². The minimum absolute atomic E-state index is 0.140. The lowest BCUT2D eigenvalue weighted by Crippen LogP contribution is -2.44. The Balaban J connectivity index is 1.49. The number of carbonyl (C=O) groups is 2. The highest BCUT2D eigenvalue weighted by Gasteiger charge is 2.52. The molecule has 0 spiro atoms. The molecular weight excluding hydrogens is 388 g/mol. The summed E-state index contributed by atoms with van der Waals surface area (Å²) in [5, 5.41) is 1.12. The molecule has 6 nitrogen and oxygen atoms in total. The molecule has 2 aliphatic heterocycles. The normalized spacial score (nSPS) is 20.3. The minimum atomic E-state index is -0.508. The van der Waals surface area contributed by atoms with Gasteiger partial charge in [-0.05, 0) is 34.9 Å². The molecule has 152 valence electrons. The third-order valence-corrected chi connectivity index (χ3v) is 6.34. The van der Waals surface area contributed by atoms with E-state index < -0.39 is 6.04 Å². The van der Waals surface area contributed by atoms with E-state index in [9.17, 15) is 9.59 Å². The topological polar surface area (TPSA) is 69.3 Å². The molecule has 0 bridgehead atoms. The van der Waals surface area contributed by atoms with E-state index in [0.29, 0.717) is 6.42 Å². The third kappa shape index (κ3) is 2.68. The van der Waals surface area contributed by atoms with Gasteiger partial charge >= 0.3 is 6.03 Å². The second-order valence-electron chi connectivity index (χ2n) is 8.07. The SMILES string of the molecule is O=C1[C@H]2Cc3c([nH]c4ccccc34)[C@H](c3ccccc3)N2C(=O)N1Cc1ccncc1. The molecule has 1 fully saturated rings. The van der Waals surface area contributed by atoms with Crippen molar-refractivity contribution in [2.75, 3.05) is 0 Å². The molecule has 1 N–H and O–H groups in total. The Labute approximate surface area is 179 Å². The van der Waals surface area contributed by atoms with Crippen LogP contribution in [0.3, 0.4) is 0 Å². The Kier molecular flexibility index (Phi) is 3.93. The van der Waals surface area contributed by atoms with Crippen molar-refractivity contribution in [2.45, 2.75) is 25.0 Å². The largest absolute Gasteiger partial charge is 0.356 e.